The number of nitrogens with one attached hydrogen (secondary N) is 1. The van der Waals surface area contributed by atoms with Crippen LogP contribution in [0.15, 0.2) is 22.9 Å². The summed E-state index contributed by atoms with van der Waals surface area (Å²) in [5, 5.41) is 15.7. The van der Waals surface area contributed by atoms with Gasteiger partial charge < -0.3 is 14.7 Å². The Bertz CT molecular complexity index is 612. The topological polar surface area (TPSA) is 80.0 Å². The molecule has 2 aromatic rings. The van der Waals surface area contributed by atoms with E-state index < -0.39 is 0 Å². The summed E-state index contributed by atoms with van der Waals surface area (Å²) in [5.74, 6) is 3.06. The molecule has 0 bridgehead atoms. The van der Waals surface area contributed by atoms with Gasteiger partial charge in [-0.3, -0.25) is 0 Å². The van der Waals surface area contributed by atoms with Gasteiger partial charge in [0.15, 0.2) is 11.6 Å². The molecule has 1 aliphatic carbocycles. The van der Waals surface area contributed by atoms with Crippen molar-refractivity contribution in [2.24, 2.45) is 0 Å². The van der Waals surface area contributed by atoms with Crippen LogP contribution in [0.4, 0.5) is 5.82 Å². The Morgan fingerprint density at radius 1 is 1.32 bits per heavy atom. The van der Waals surface area contributed by atoms with E-state index in [1.807, 2.05) is 12.1 Å². The maximum atomic E-state index is 5.28. The fraction of sp³-hybridized carbons (Fsp3) is 0.600. The van der Waals surface area contributed by atoms with Crippen LogP contribution >= 0.6 is 0 Å². The van der Waals surface area contributed by atoms with Crippen molar-refractivity contribution in [1.82, 2.24) is 25.7 Å². The summed E-state index contributed by atoms with van der Waals surface area (Å²) in [5.41, 5.74) is 0. The second-order valence-corrected chi connectivity index (χ2v) is 6.02. The van der Waals surface area contributed by atoms with Crippen molar-refractivity contribution in [1.29, 1.82) is 0 Å². The number of hydrogen-bond donors (Lipinski definition) is 1. The van der Waals surface area contributed by atoms with Gasteiger partial charge in [-0.2, -0.15) is 10.1 Å². The first-order valence-corrected chi connectivity index (χ1v) is 7.98. The van der Waals surface area contributed by atoms with Gasteiger partial charge in [-0.1, -0.05) is 5.16 Å². The molecule has 1 saturated carbocycles. The van der Waals surface area contributed by atoms with Crippen molar-refractivity contribution in [3.05, 3.63) is 30.0 Å². The van der Waals surface area contributed by atoms with E-state index in [1.54, 1.807) is 6.20 Å². The lowest BCUT2D eigenvalue weighted by atomic mass is 10.2. The van der Waals surface area contributed by atoms with Gasteiger partial charge in [0, 0.05) is 31.2 Å². The van der Waals surface area contributed by atoms with E-state index in [9.17, 15) is 0 Å². The zero-order chi connectivity index (χ0) is 14.8. The second kappa shape index (κ2) is 6.00. The Morgan fingerprint density at radius 2 is 2.27 bits per heavy atom. The predicted octanol–water partition coefficient (Wildman–Crippen LogP) is 1.50. The van der Waals surface area contributed by atoms with Crippen LogP contribution in [0.2, 0.25) is 0 Å². The lowest BCUT2D eigenvalue weighted by Crippen LogP contribution is -2.38. The van der Waals surface area contributed by atoms with Gasteiger partial charge in [0.2, 0.25) is 5.89 Å². The molecule has 2 fully saturated rings. The molecule has 2 aliphatic rings. The van der Waals surface area contributed by atoms with Crippen molar-refractivity contribution in [2.75, 3.05) is 18.0 Å². The molecular formula is C15H20N6O. The van der Waals surface area contributed by atoms with Gasteiger partial charge in [-0.25, -0.2) is 0 Å². The highest BCUT2D eigenvalue weighted by Crippen LogP contribution is 2.38. The molecule has 1 saturated heterocycles. The summed E-state index contributed by atoms with van der Waals surface area (Å²) in [4.78, 5) is 6.76. The molecule has 1 N–H and O–H groups in total. The summed E-state index contributed by atoms with van der Waals surface area (Å²) in [6.45, 7) is 2.56. The monoisotopic (exact) mass is 300 g/mol. The molecule has 2 aromatic heterocycles. The Kier molecular flexibility index (Phi) is 3.72. The molecule has 1 atom stereocenters. The summed E-state index contributed by atoms with van der Waals surface area (Å²) in [6.07, 6.45) is 6.46. The van der Waals surface area contributed by atoms with Crippen LogP contribution < -0.4 is 10.2 Å². The van der Waals surface area contributed by atoms with Crippen LogP contribution in [0.25, 0.3) is 0 Å². The normalized spacial score (nSPS) is 21.5. The van der Waals surface area contributed by atoms with Crippen LogP contribution in [0, 0.1) is 0 Å². The van der Waals surface area contributed by atoms with E-state index in [1.165, 1.54) is 25.7 Å². The maximum Gasteiger partial charge on any atom is 0.240 e. The molecule has 0 aromatic carbocycles. The standard InChI is InChI=1S/C15H20N6O/c1-4-13(19-17-7-1)21-8-2-3-12(21)9-16-10-14-18-15(20-22-14)11-5-6-11/h1,4,7,11-12,16H,2-3,5-6,8-10H2/t12-/m1/s1. The largest absolute Gasteiger partial charge is 0.351 e. The minimum Gasteiger partial charge on any atom is -0.351 e. The van der Waals surface area contributed by atoms with Crippen LogP contribution in [0.1, 0.15) is 43.3 Å². The average Bonchev–Trinajstić information content (AvgIpc) is 3.12. The highest BCUT2D eigenvalue weighted by atomic mass is 16.5. The molecule has 22 heavy (non-hydrogen) atoms. The molecular weight excluding hydrogens is 280 g/mol. The quantitative estimate of drug-likeness (QED) is 0.865. The third-order valence-corrected chi connectivity index (χ3v) is 4.31. The zero-order valence-electron chi connectivity index (χ0n) is 12.5. The van der Waals surface area contributed by atoms with Crippen molar-refractivity contribution >= 4 is 5.82 Å². The van der Waals surface area contributed by atoms with Crippen LogP contribution in [0.5, 0.6) is 0 Å². The minimum absolute atomic E-state index is 0.447. The van der Waals surface area contributed by atoms with Crippen molar-refractivity contribution in [3.63, 3.8) is 0 Å². The maximum absolute atomic E-state index is 5.28. The van der Waals surface area contributed by atoms with E-state index in [4.69, 9.17) is 4.52 Å². The fourth-order valence-electron chi connectivity index (χ4n) is 2.99. The minimum atomic E-state index is 0.447. The average molecular weight is 300 g/mol. The first-order valence-electron chi connectivity index (χ1n) is 7.98. The van der Waals surface area contributed by atoms with Crippen LogP contribution in [-0.2, 0) is 6.54 Å². The Balaban J connectivity index is 1.30. The third kappa shape index (κ3) is 2.94. The van der Waals surface area contributed by atoms with Gasteiger partial charge in [-0.05, 0) is 37.8 Å². The molecule has 0 radical (unpaired) electrons. The lowest BCUT2D eigenvalue weighted by Gasteiger charge is -2.25. The molecule has 3 heterocycles. The Labute approximate surface area is 129 Å². The molecule has 0 amide bonds. The number of nitrogens with zero attached hydrogens (tertiary/aromatic N) is 5. The van der Waals surface area contributed by atoms with Gasteiger partial charge in [0.05, 0.1) is 6.54 Å². The summed E-state index contributed by atoms with van der Waals surface area (Å²) in [7, 11) is 0. The zero-order valence-corrected chi connectivity index (χ0v) is 12.5. The second-order valence-electron chi connectivity index (χ2n) is 6.02. The highest BCUT2D eigenvalue weighted by Gasteiger charge is 2.29. The lowest BCUT2D eigenvalue weighted by molar-refractivity contribution is 0.361. The predicted molar refractivity (Wildman–Crippen MR) is 80.4 cm³/mol. The van der Waals surface area contributed by atoms with Crippen molar-refractivity contribution < 1.29 is 4.52 Å². The third-order valence-electron chi connectivity index (χ3n) is 4.31. The van der Waals surface area contributed by atoms with Crippen molar-refractivity contribution in [2.45, 2.75) is 44.2 Å². The first-order chi connectivity index (χ1) is 10.9. The highest BCUT2D eigenvalue weighted by molar-refractivity contribution is 5.39. The molecule has 0 unspecified atom stereocenters. The molecule has 116 valence electrons. The van der Waals surface area contributed by atoms with Crippen LogP contribution in [-0.4, -0.2) is 39.5 Å². The van der Waals surface area contributed by atoms with Gasteiger partial charge in [0.1, 0.15) is 0 Å². The molecule has 0 spiro atoms. The molecule has 7 nitrogen and oxygen atoms in total. The summed E-state index contributed by atoms with van der Waals surface area (Å²) < 4.78 is 5.28. The van der Waals surface area contributed by atoms with E-state index in [0.29, 0.717) is 24.4 Å². The Hall–Kier alpha value is -2.02. The van der Waals surface area contributed by atoms with Crippen LogP contribution in [0.3, 0.4) is 0 Å². The molecule has 1 aliphatic heterocycles. The summed E-state index contributed by atoms with van der Waals surface area (Å²) in [6, 6.07) is 4.40. The van der Waals surface area contributed by atoms with E-state index in [2.05, 4.69) is 30.6 Å². The Morgan fingerprint density at radius 3 is 3.09 bits per heavy atom. The number of aromatic nitrogens is 4. The molecule has 4 rings (SSSR count). The van der Waals surface area contributed by atoms with Gasteiger partial charge >= 0.3 is 0 Å². The number of rotatable bonds is 6. The number of anilines is 1. The fourth-order valence-corrected chi connectivity index (χ4v) is 2.99. The van der Waals surface area contributed by atoms with Gasteiger partial charge in [0.25, 0.3) is 0 Å². The SMILES string of the molecule is c1cnnc(N2CCC[C@@H]2CNCc2nc(C3CC3)no2)c1. The van der Waals surface area contributed by atoms with Crippen molar-refractivity contribution in [3.8, 4) is 0 Å². The summed E-state index contributed by atoms with van der Waals surface area (Å²) >= 11 is 0. The van der Waals surface area contributed by atoms with E-state index in [0.717, 1.165) is 24.7 Å². The smallest absolute Gasteiger partial charge is 0.240 e. The number of hydrogen-bond acceptors (Lipinski definition) is 7. The van der Waals surface area contributed by atoms with E-state index >= 15 is 0 Å². The van der Waals surface area contributed by atoms with Gasteiger partial charge in [-0.15, -0.1) is 5.10 Å². The first kappa shape index (κ1) is 13.6. The molecule has 7 heteroatoms. The van der Waals surface area contributed by atoms with E-state index in [-0.39, 0.29) is 0 Å².